The molecule has 0 fully saturated rings. The first-order valence-corrected chi connectivity index (χ1v) is 9.07. The lowest BCUT2D eigenvalue weighted by Crippen LogP contribution is -2.15. The van der Waals surface area contributed by atoms with Gasteiger partial charge in [0.1, 0.15) is 24.8 Å². The maximum Gasteiger partial charge on any atom is 0.205 e. The maximum absolute atomic E-state index is 13.9. The second-order valence-corrected chi connectivity index (χ2v) is 6.51. The number of aromatic nitrogens is 1. The normalized spacial score (nSPS) is 14.1. The Balaban J connectivity index is 1.78. The molecule has 1 aliphatic rings. The third-order valence-electron chi connectivity index (χ3n) is 4.02. The molecule has 5 nitrogen and oxygen atoms in total. The Morgan fingerprint density at radius 1 is 1.07 bits per heavy atom. The summed E-state index contributed by atoms with van der Waals surface area (Å²) in [7, 11) is 1.63. The quantitative estimate of drug-likeness (QED) is 0.644. The fourth-order valence-corrected chi connectivity index (χ4v) is 3.52. The van der Waals surface area contributed by atoms with Crippen LogP contribution in [0.25, 0.3) is 11.3 Å². The molecule has 0 unspecified atom stereocenters. The zero-order chi connectivity index (χ0) is 18.8. The van der Waals surface area contributed by atoms with Crippen molar-refractivity contribution in [1.29, 1.82) is 0 Å². The number of rotatable bonds is 3. The molecule has 138 valence electrons. The SMILES string of the molecule is CN=c1scc(-c2ccc3c(c2)OCCO3)n1N=Cc1c(F)cccc1F. The van der Waals surface area contributed by atoms with Crippen LogP contribution in [0, 0.1) is 11.6 Å². The molecule has 8 heteroatoms. The smallest absolute Gasteiger partial charge is 0.205 e. The summed E-state index contributed by atoms with van der Waals surface area (Å²) >= 11 is 1.37. The minimum absolute atomic E-state index is 0.202. The van der Waals surface area contributed by atoms with Gasteiger partial charge in [0, 0.05) is 18.0 Å². The lowest BCUT2D eigenvalue weighted by molar-refractivity contribution is 0.171. The highest BCUT2D eigenvalue weighted by atomic mass is 32.1. The van der Waals surface area contributed by atoms with Gasteiger partial charge in [-0.05, 0) is 30.3 Å². The molecule has 0 aliphatic carbocycles. The number of ether oxygens (including phenoxy) is 2. The van der Waals surface area contributed by atoms with E-state index in [0.29, 0.717) is 29.5 Å². The summed E-state index contributed by atoms with van der Waals surface area (Å²) in [5.74, 6) is -0.0179. The fourth-order valence-electron chi connectivity index (χ4n) is 2.71. The maximum atomic E-state index is 13.9. The molecule has 1 aromatic heterocycles. The van der Waals surface area contributed by atoms with Crippen LogP contribution in [0.15, 0.2) is 51.9 Å². The Hall–Kier alpha value is -3.00. The largest absolute Gasteiger partial charge is 0.486 e. The predicted octanol–water partition coefficient (Wildman–Crippen LogP) is 3.68. The highest BCUT2D eigenvalue weighted by molar-refractivity contribution is 7.07. The van der Waals surface area contributed by atoms with Crippen molar-refractivity contribution in [1.82, 2.24) is 4.68 Å². The Kier molecular flexibility index (Phi) is 4.72. The Morgan fingerprint density at radius 2 is 1.81 bits per heavy atom. The average molecular weight is 387 g/mol. The molecule has 0 amide bonds. The van der Waals surface area contributed by atoms with Crippen LogP contribution in [0.3, 0.4) is 0 Å². The minimum atomic E-state index is -0.676. The summed E-state index contributed by atoms with van der Waals surface area (Å²) in [6, 6.07) is 9.25. The van der Waals surface area contributed by atoms with Gasteiger partial charge in [-0.25, -0.2) is 13.5 Å². The lowest BCUT2D eigenvalue weighted by atomic mass is 10.1. The number of nitrogens with zero attached hydrogens (tertiary/aromatic N) is 3. The van der Waals surface area contributed by atoms with Gasteiger partial charge in [-0.15, -0.1) is 11.3 Å². The van der Waals surface area contributed by atoms with Gasteiger partial charge in [0.2, 0.25) is 4.80 Å². The molecular formula is C19H15F2N3O2S. The van der Waals surface area contributed by atoms with Crippen LogP contribution in [0.1, 0.15) is 5.56 Å². The van der Waals surface area contributed by atoms with Crippen LogP contribution >= 0.6 is 11.3 Å². The number of benzene rings is 2. The summed E-state index contributed by atoms with van der Waals surface area (Å²) in [6.45, 7) is 1.00. The van der Waals surface area contributed by atoms with Crippen LogP contribution in [-0.4, -0.2) is 31.2 Å². The first-order valence-electron chi connectivity index (χ1n) is 8.19. The van der Waals surface area contributed by atoms with E-state index in [1.807, 2.05) is 23.6 Å². The summed E-state index contributed by atoms with van der Waals surface area (Å²) in [5.41, 5.74) is 1.36. The average Bonchev–Trinajstić information content (AvgIpc) is 3.10. The topological polar surface area (TPSA) is 48.1 Å². The van der Waals surface area contributed by atoms with Crippen molar-refractivity contribution in [3.63, 3.8) is 0 Å². The van der Waals surface area contributed by atoms with Gasteiger partial charge in [-0.2, -0.15) is 5.10 Å². The van der Waals surface area contributed by atoms with Gasteiger partial charge in [-0.3, -0.25) is 4.99 Å². The van der Waals surface area contributed by atoms with Crippen LogP contribution in [0.5, 0.6) is 11.5 Å². The summed E-state index contributed by atoms with van der Waals surface area (Å²) in [4.78, 5) is 4.78. The van der Waals surface area contributed by atoms with Gasteiger partial charge in [0.25, 0.3) is 0 Å². The Morgan fingerprint density at radius 3 is 2.56 bits per heavy atom. The van der Waals surface area contributed by atoms with Crippen molar-refractivity contribution >= 4 is 17.6 Å². The van der Waals surface area contributed by atoms with E-state index in [9.17, 15) is 8.78 Å². The molecule has 27 heavy (non-hydrogen) atoms. The van der Waals surface area contributed by atoms with Crippen LogP contribution in [0.4, 0.5) is 8.78 Å². The van der Waals surface area contributed by atoms with Crippen LogP contribution in [0.2, 0.25) is 0 Å². The zero-order valence-corrected chi connectivity index (χ0v) is 15.2. The van der Waals surface area contributed by atoms with Gasteiger partial charge >= 0.3 is 0 Å². The van der Waals surface area contributed by atoms with Crippen LogP contribution < -0.4 is 14.3 Å². The van der Waals surface area contributed by atoms with Crippen molar-refractivity contribution in [3.05, 3.63) is 63.8 Å². The number of hydrogen-bond acceptors (Lipinski definition) is 5. The third kappa shape index (κ3) is 3.35. The first-order chi connectivity index (χ1) is 13.2. The monoisotopic (exact) mass is 387 g/mol. The highest BCUT2D eigenvalue weighted by Gasteiger charge is 2.15. The van der Waals surface area contributed by atoms with Gasteiger partial charge in [0.15, 0.2) is 11.5 Å². The molecule has 0 radical (unpaired) electrons. The summed E-state index contributed by atoms with van der Waals surface area (Å²) in [6.07, 6.45) is 1.16. The molecule has 0 saturated heterocycles. The highest BCUT2D eigenvalue weighted by Crippen LogP contribution is 2.34. The molecule has 0 N–H and O–H groups in total. The van der Waals surface area contributed by atoms with Gasteiger partial charge in [0.05, 0.1) is 17.5 Å². The van der Waals surface area contributed by atoms with E-state index in [0.717, 1.165) is 17.5 Å². The minimum Gasteiger partial charge on any atom is -0.486 e. The summed E-state index contributed by atoms with van der Waals surface area (Å²) < 4.78 is 40.5. The van der Waals surface area contributed by atoms with E-state index in [2.05, 4.69) is 10.1 Å². The van der Waals surface area contributed by atoms with E-state index in [-0.39, 0.29) is 5.56 Å². The molecule has 0 bridgehead atoms. The standard InChI is InChI=1S/C19H15F2N3O2S/c1-22-19-24(23-10-13-14(20)3-2-4-15(13)21)16(11-27-19)12-5-6-17-18(9-12)26-8-7-25-17/h2-6,9-11H,7-8H2,1H3. The lowest BCUT2D eigenvalue weighted by Gasteiger charge is -2.18. The van der Waals surface area contributed by atoms with Gasteiger partial charge in [-0.1, -0.05) is 6.07 Å². The second-order valence-electron chi connectivity index (χ2n) is 5.68. The van der Waals surface area contributed by atoms with Crippen LogP contribution in [-0.2, 0) is 0 Å². The third-order valence-corrected chi connectivity index (χ3v) is 4.92. The van der Waals surface area contributed by atoms with E-state index in [4.69, 9.17) is 9.47 Å². The zero-order valence-electron chi connectivity index (χ0n) is 14.4. The van der Waals surface area contributed by atoms with E-state index >= 15 is 0 Å². The summed E-state index contributed by atoms with van der Waals surface area (Å²) in [5, 5.41) is 6.15. The van der Waals surface area contributed by atoms with Crippen molar-refractivity contribution in [2.75, 3.05) is 20.3 Å². The fraction of sp³-hybridized carbons (Fsp3) is 0.158. The van der Waals surface area contributed by atoms with Crippen molar-refractivity contribution in [2.45, 2.75) is 0 Å². The molecule has 0 spiro atoms. The van der Waals surface area contributed by atoms with Gasteiger partial charge < -0.3 is 9.47 Å². The number of thiazole rings is 1. The van der Waals surface area contributed by atoms with E-state index in [1.54, 1.807) is 11.7 Å². The molecule has 0 atom stereocenters. The van der Waals surface area contributed by atoms with E-state index < -0.39 is 11.6 Å². The van der Waals surface area contributed by atoms with E-state index in [1.165, 1.54) is 29.5 Å². The second kappa shape index (κ2) is 7.32. The molecule has 2 heterocycles. The Labute approximate surface area is 157 Å². The molecule has 4 rings (SSSR count). The Bertz CT molecular complexity index is 1070. The van der Waals surface area contributed by atoms with Crippen molar-refractivity contribution in [2.24, 2.45) is 10.1 Å². The molecule has 2 aromatic carbocycles. The number of halogens is 2. The molecular weight excluding hydrogens is 372 g/mol. The van der Waals surface area contributed by atoms with Crippen molar-refractivity contribution in [3.8, 4) is 22.8 Å². The first kappa shape index (κ1) is 17.4. The molecule has 3 aromatic rings. The number of hydrogen-bond donors (Lipinski definition) is 0. The predicted molar refractivity (Wildman–Crippen MR) is 99.6 cm³/mol. The van der Waals surface area contributed by atoms with Crippen molar-refractivity contribution < 1.29 is 18.3 Å². The molecule has 1 aliphatic heterocycles. The molecule has 0 saturated carbocycles. The number of fused-ring (bicyclic) bond motifs is 1.